The Morgan fingerprint density at radius 3 is 3.07 bits per heavy atom. The van der Waals surface area contributed by atoms with Crippen LogP contribution < -0.4 is 0 Å². The van der Waals surface area contributed by atoms with E-state index in [1.807, 2.05) is 19.1 Å². The van der Waals surface area contributed by atoms with Crippen molar-refractivity contribution in [2.24, 2.45) is 0 Å². The Hall–Kier alpha value is -1.42. The molecule has 0 saturated carbocycles. The first kappa shape index (κ1) is 10.1. The van der Waals surface area contributed by atoms with Gasteiger partial charge in [-0.05, 0) is 25.0 Å². The number of pyridine rings is 1. The maximum absolute atomic E-state index is 12.0. The van der Waals surface area contributed by atoms with Gasteiger partial charge in [0.2, 0.25) is 0 Å². The van der Waals surface area contributed by atoms with Crippen LogP contribution in [0.25, 0.3) is 0 Å². The second-order valence-corrected chi connectivity index (χ2v) is 3.86. The van der Waals surface area contributed by atoms with Crippen molar-refractivity contribution in [1.82, 2.24) is 9.88 Å². The van der Waals surface area contributed by atoms with Gasteiger partial charge >= 0.3 is 0 Å². The summed E-state index contributed by atoms with van der Waals surface area (Å²) in [4.78, 5) is 17.7. The van der Waals surface area contributed by atoms with Crippen LogP contribution in [0.4, 0.5) is 0 Å². The average Bonchev–Trinajstić information content (AvgIpc) is 2.65. The Kier molecular flexibility index (Phi) is 2.68. The topological polar surface area (TPSA) is 53.4 Å². The zero-order chi connectivity index (χ0) is 10.8. The molecule has 1 aliphatic rings. The number of aromatic nitrogens is 1. The molecule has 4 heteroatoms. The van der Waals surface area contributed by atoms with Gasteiger partial charge < -0.3 is 10.0 Å². The largest absolute Gasteiger partial charge is 0.391 e. The van der Waals surface area contributed by atoms with Crippen molar-refractivity contribution in [3.63, 3.8) is 0 Å². The molecule has 1 fully saturated rings. The van der Waals surface area contributed by atoms with Crippen molar-refractivity contribution < 1.29 is 9.90 Å². The van der Waals surface area contributed by atoms with Crippen molar-refractivity contribution in [3.05, 3.63) is 29.6 Å². The lowest BCUT2D eigenvalue weighted by Gasteiger charge is -2.15. The molecule has 0 bridgehead atoms. The molecule has 1 saturated heterocycles. The quantitative estimate of drug-likeness (QED) is 0.732. The van der Waals surface area contributed by atoms with Gasteiger partial charge in [-0.25, -0.2) is 0 Å². The summed E-state index contributed by atoms with van der Waals surface area (Å²) >= 11 is 0. The molecule has 1 aromatic rings. The first-order valence-corrected chi connectivity index (χ1v) is 5.07. The van der Waals surface area contributed by atoms with Crippen LogP contribution in [0.1, 0.15) is 22.5 Å². The summed E-state index contributed by atoms with van der Waals surface area (Å²) in [5, 5.41) is 9.35. The highest BCUT2D eigenvalue weighted by Gasteiger charge is 2.26. The smallest absolute Gasteiger partial charge is 0.272 e. The van der Waals surface area contributed by atoms with Crippen molar-refractivity contribution >= 4 is 5.91 Å². The minimum absolute atomic E-state index is 0.0790. The van der Waals surface area contributed by atoms with Crippen molar-refractivity contribution in [2.45, 2.75) is 19.4 Å². The minimum Gasteiger partial charge on any atom is -0.391 e. The van der Waals surface area contributed by atoms with Crippen LogP contribution in [-0.2, 0) is 0 Å². The second-order valence-electron chi connectivity index (χ2n) is 3.86. The van der Waals surface area contributed by atoms with Crippen LogP contribution in [0.3, 0.4) is 0 Å². The van der Waals surface area contributed by atoms with Crippen LogP contribution in [0.5, 0.6) is 0 Å². The molecule has 1 atom stereocenters. The fraction of sp³-hybridized carbons (Fsp3) is 0.455. The number of β-amino-alcohol motifs (C(OH)–C–C–N with tert-alkyl or cyclic N) is 1. The number of aryl methyl sites for hydroxylation is 1. The van der Waals surface area contributed by atoms with E-state index in [0.717, 1.165) is 5.56 Å². The molecule has 4 nitrogen and oxygen atoms in total. The summed E-state index contributed by atoms with van der Waals surface area (Å²) in [5.74, 6) is -0.0790. The first-order valence-electron chi connectivity index (χ1n) is 5.07. The minimum atomic E-state index is -0.377. The molecule has 0 radical (unpaired) electrons. The standard InChI is InChI=1S/C11H14N2O2/c1-8-3-2-5-12-10(8)11(15)13-6-4-9(14)7-13/h2-3,5,9,14H,4,6-7H2,1H3. The van der Waals surface area contributed by atoms with Gasteiger partial charge in [-0.3, -0.25) is 9.78 Å². The highest BCUT2D eigenvalue weighted by atomic mass is 16.3. The SMILES string of the molecule is Cc1cccnc1C(=O)N1CCC(O)C1. The normalized spacial score (nSPS) is 20.7. The number of aliphatic hydroxyl groups is 1. The van der Waals surface area contributed by atoms with Gasteiger partial charge in [0.25, 0.3) is 5.91 Å². The Morgan fingerprint density at radius 2 is 2.47 bits per heavy atom. The highest BCUT2D eigenvalue weighted by Crippen LogP contribution is 2.14. The number of hydrogen-bond acceptors (Lipinski definition) is 3. The molecule has 1 unspecified atom stereocenters. The van der Waals surface area contributed by atoms with Crippen molar-refractivity contribution in [2.75, 3.05) is 13.1 Å². The van der Waals surface area contributed by atoms with Gasteiger partial charge in [0.05, 0.1) is 6.10 Å². The highest BCUT2D eigenvalue weighted by molar-refractivity contribution is 5.93. The van der Waals surface area contributed by atoms with E-state index in [4.69, 9.17) is 0 Å². The lowest BCUT2D eigenvalue weighted by molar-refractivity contribution is 0.0758. The summed E-state index contributed by atoms with van der Waals surface area (Å²) in [6.45, 7) is 2.91. The number of amides is 1. The van der Waals surface area contributed by atoms with E-state index >= 15 is 0 Å². The molecular formula is C11H14N2O2. The third-order valence-corrected chi connectivity index (χ3v) is 2.66. The zero-order valence-electron chi connectivity index (χ0n) is 8.68. The molecule has 1 aliphatic heterocycles. The van der Waals surface area contributed by atoms with Crippen LogP contribution in [0, 0.1) is 6.92 Å². The van der Waals surface area contributed by atoms with Crippen LogP contribution in [-0.4, -0.2) is 40.1 Å². The van der Waals surface area contributed by atoms with E-state index in [0.29, 0.717) is 25.2 Å². The van der Waals surface area contributed by atoms with E-state index in [2.05, 4.69) is 4.98 Å². The van der Waals surface area contributed by atoms with E-state index in [1.54, 1.807) is 11.1 Å². The van der Waals surface area contributed by atoms with E-state index < -0.39 is 0 Å². The summed E-state index contributed by atoms with van der Waals surface area (Å²) in [6.07, 6.45) is 1.91. The molecule has 2 rings (SSSR count). The van der Waals surface area contributed by atoms with Gasteiger partial charge in [0.1, 0.15) is 5.69 Å². The molecule has 15 heavy (non-hydrogen) atoms. The average molecular weight is 206 g/mol. The molecule has 1 amide bonds. The van der Waals surface area contributed by atoms with Gasteiger partial charge in [-0.1, -0.05) is 6.07 Å². The monoisotopic (exact) mass is 206 g/mol. The van der Waals surface area contributed by atoms with Gasteiger partial charge in [-0.2, -0.15) is 0 Å². The molecule has 1 aromatic heterocycles. The maximum Gasteiger partial charge on any atom is 0.272 e. The third-order valence-electron chi connectivity index (χ3n) is 2.66. The summed E-state index contributed by atoms with van der Waals surface area (Å²) in [6, 6.07) is 3.68. The molecule has 0 aliphatic carbocycles. The zero-order valence-corrected chi connectivity index (χ0v) is 8.68. The molecule has 80 valence electrons. The number of aliphatic hydroxyl groups excluding tert-OH is 1. The van der Waals surface area contributed by atoms with Gasteiger partial charge in [-0.15, -0.1) is 0 Å². The van der Waals surface area contributed by atoms with Crippen molar-refractivity contribution in [3.8, 4) is 0 Å². The van der Waals surface area contributed by atoms with Gasteiger partial charge in [0.15, 0.2) is 0 Å². The van der Waals surface area contributed by atoms with Crippen molar-refractivity contribution in [1.29, 1.82) is 0 Å². The van der Waals surface area contributed by atoms with Crippen LogP contribution in [0.15, 0.2) is 18.3 Å². The molecular weight excluding hydrogens is 192 g/mol. The van der Waals surface area contributed by atoms with E-state index in [9.17, 15) is 9.90 Å². The Balaban J connectivity index is 2.18. The number of nitrogens with zero attached hydrogens (tertiary/aromatic N) is 2. The first-order chi connectivity index (χ1) is 7.18. The number of rotatable bonds is 1. The summed E-state index contributed by atoms with van der Waals surface area (Å²) < 4.78 is 0. The Morgan fingerprint density at radius 1 is 1.67 bits per heavy atom. The van der Waals surface area contributed by atoms with Crippen LogP contribution >= 0.6 is 0 Å². The third kappa shape index (κ3) is 1.99. The number of carbonyl (C=O) groups is 1. The lowest BCUT2D eigenvalue weighted by Crippen LogP contribution is -2.30. The number of likely N-dealkylation sites (tertiary alicyclic amines) is 1. The molecule has 0 aromatic carbocycles. The molecule has 0 spiro atoms. The predicted molar refractivity (Wildman–Crippen MR) is 55.5 cm³/mol. The number of carbonyl (C=O) groups excluding carboxylic acids is 1. The van der Waals surface area contributed by atoms with E-state index in [1.165, 1.54) is 0 Å². The Bertz CT molecular complexity index is 379. The number of hydrogen-bond donors (Lipinski definition) is 1. The van der Waals surface area contributed by atoms with E-state index in [-0.39, 0.29) is 12.0 Å². The molecule has 1 N–H and O–H groups in total. The fourth-order valence-corrected chi connectivity index (χ4v) is 1.79. The van der Waals surface area contributed by atoms with Gasteiger partial charge in [0, 0.05) is 19.3 Å². The Labute approximate surface area is 88.6 Å². The molecule has 2 heterocycles. The predicted octanol–water partition coefficient (Wildman–Crippen LogP) is 0.597. The fourth-order valence-electron chi connectivity index (χ4n) is 1.79. The maximum atomic E-state index is 12.0. The summed E-state index contributed by atoms with van der Waals surface area (Å²) in [5.41, 5.74) is 1.37. The lowest BCUT2D eigenvalue weighted by atomic mass is 10.2. The summed E-state index contributed by atoms with van der Waals surface area (Å²) in [7, 11) is 0. The second kappa shape index (κ2) is 3.98. The van der Waals surface area contributed by atoms with Crippen LogP contribution in [0.2, 0.25) is 0 Å².